The van der Waals surface area contributed by atoms with Crippen LogP contribution < -0.4 is 16.0 Å². The predicted molar refractivity (Wildman–Crippen MR) is 85.6 cm³/mol. The van der Waals surface area contributed by atoms with Crippen LogP contribution in [0.4, 0.5) is 4.39 Å². The van der Waals surface area contributed by atoms with Gasteiger partial charge in [0, 0.05) is 0 Å². The van der Waals surface area contributed by atoms with Crippen molar-refractivity contribution in [2.75, 3.05) is 7.11 Å². The molecule has 2 aromatic rings. The lowest BCUT2D eigenvalue weighted by atomic mass is 9.98. The largest absolute Gasteiger partial charge is 0.496 e. The average Bonchev–Trinajstić information content (AvgIpc) is 2.48. The first-order valence-corrected chi connectivity index (χ1v) is 7.39. The Bertz CT molecular complexity index is 634. The van der Waals surface area contributed by atoms with Gasteiger partial charge in [-0.1, -0.05) is 18.2 Å². The first-order valence-electron chi connectivity index (χ1n) is 6.59. The Morgan fingerprint density at radius 3 is 2.62 bits per heavy atom. The van der Waals surface area contributed by atoms with E-state index in [-0.39, 0.29) is 11.9 Å². The maximum Gasteiger partial charge on any atom is 0.133 e. The first-order chi connectivity index (χ1) is 10.0. The summed E-state index contributed by atoms with van der Waals surface area (Å²) in [4.78, 5) is 0. The number of hydrogen-bond donors (Lipinski definition) is 2. The number of ether oxygens (including phenoxy) is 1. The van der Waals surface area contributed by atoms with Crippen LogP contribution in [0.25, 0.3) is 0 Å². The molecule has 0 aliphatic carbocycles. The lowest BCUT2D eigenvalue weighted by Gasteiger charge is -2.17. The molecule has 0 amide bonds. The fourth-order valence-electron chi connectivity index (χ4n) is 2.17. The molecule has 1 unspecified atom stereocenters. The van der Waals surface area contributed by atoms with Crippen LogP contribution in [0.5, 0.6) is 5.75 Å². The Hall–Kier alpha value is -1.43. The first kappa shape index (κ1) is 15.9. The number of nitrogens with two attached hydrogens (primary N) is 1. The second-order valence-electron chi connectivity index (χ2n) is 4.90. The number of hydrazine groups is 1. The minimum absolute atomic E-state index is 0.152. The molecule has 3 nitrogen and oxygen atoms in total. The summed E-state index contributed by atoms with van der Waals surface area (Å²) in [6.45, 7) is 1.74. The minimum atomic E-state index is -0.219. The Morgan fingerprint density at radius 2 is 2.05 bits per heavy atom. The van der Waals surface area contributed by atoms with Gasteiger partial charge in [0.2, 0.25) is 0 Å². The van der Waals surface area contributed by atoms with E-state index in [1.54, 1.807) is 20.1 Å². The zero-order valence-corrected chi connectivity index (χ0v) is 13.6. The highest BCUT2D eigenvalue weighted by Gasteiger charge is 2.13. The molecular weight excluding hydrogens is 335 g/mol. The molecule has 0 spiro atoms. The van der Waals surface area contributed by atoms with Crippen molar-refractivity contribution < 1.29 is 9.13 Å². The van der Waals surface area contributed by atoms with Gasteiger partial charge >= 0.3 is 0 Å². The van der Waals surface area contributed by atoms with Gasteiger partial charge < -0.3 is 4.74 Å². The molecule has 0 aromatic heterocycles. The molecule has 3 N–H and O–H groups in total. The number of hydrogen-bond acceptors (Lipinski definition) is 3. The van der Waals surface area contributed by atoms with Crippen LogP contribution >= 0.6 is 15.9 Å². The van der Waals surface area contributed by atoms with Crippen molar-refractivity contribution in [3.8, 4) is 5.75 Å². The molecule has 2 rings (SSSR count). The zero-order valence-electron chi connectivity index (χ0n) is 12.0. The summed E-state index contributed by atoms with van der Waals surface area (Å²) < 4.78 is 19.8. The Kier molecular flexibility index (Phi) is 5.33. The van der Waals surface area contributed by atoms with Gasteiger partial charge in [-0.2, -0.15) is 0 Å². The summed E-state index contributed by atoms with van der Waals surface area (Å²) in [7, 11) is 1.62. The van der Waals surface area contributed by atoms with E-state index in [4.69, 9.17) is 10.6 Å². The van der Waals surface area contributed by atoms with Crippen molar-refractivity contribution in [2.24, 2.45) is 5.84 Å². The fraction of sp³-hybridized carbons (Fsp3) is 0.250. The minimum Gasteiger partial charge on any atom is -0.496 e. The zero-order chi connectivity index (χ0) is 15.4. The molecule has 0 aliphatic rings. The Balaban J connectivity index is 2.22. The van der Waals surface area contributed by atoms with E-state index in [2.05, 4.69) is 21.4 Å². The highest BCUT2D eigenvalue weighted by molar-refractivity contribution is 9.10. The Labute approximate surface area is 132 Å². The number of aryl methyl sites for hydroxylation is 1. The van der Waals surface area contributed by atoms with Gasteiger partial charge in [-0.25, -0.2) is 4.39 Å². The summed E-state index contributed by atoms with van der Waals surface area (Å²) in [6, 6.07) is 10.9. The van der Waals surface area contributed by atoms with Crippen molar-refractivity contribution >= 4 is 15.9 Å². The van der Waals surface area contributed by atoms with Gasteiger partial charge in [-0.15, -0.1) is 0 Å². The summed E-state index contributed by atoms with van der Waals surface area (Å²) in [6.07, 6.45) is 0.654. The van der Waals surface area contributed by atoms with E-state index in [0.29, 0.717) is 12.0 Å². The molecule has 0 heterocycles. The molecule has 0 bridgehead atoms. The van der Waals surface area contributed by atoms with Crippen LogP contribution in [-0.4, -0.2) is 7.11 Å². The van der Waals surface area contributed by atoms with E-state index in [1.807, 2.05) is 24.3 Å². The van der Waals surface area contributed by atoms with Gasteiger partial charge in [0.05, 0.1) is 17.6 Å². The third kappa shape index (κ3) is 3.81. The summed E-state index contributed by atoms with van der Waals surface area (Å²) >= 11 is 3.46. The summed E-state index contributed by atoms with van der Waals surface area (Å²) in [5.74, 6) is 6.18. The highest BCUT2D eigenvalue weighted by atomic mass is 79.9. The lowest BCUT2D eigenvalue weighted by Crippen LogP contribution is -2.29. The molecule has 112 valence electrons. The maximum absolute atomic E-state index is 13.7. The molecule has 0 saturated carbocycles. The summed E-state index contributed by atoms with van der Waals surface area (Å²) in [5, 5.41) is 0. The van der Waals surface area contributed by atoms with E-state index in [1.165, 1.54) is 6.07 Å². The second-order valence-corrected chi connectivity index (χ2v) is 5.76. The van der Waals surface area contributed by atoms with Gasteiger partial charge in [0.1, 0.15) is 11.6 Å². The van der Waals surface area contributed by atoms with Crippen LogP contribution in [0.1, 0.15) is 22.7 Å². The fourth-order valence-corrected chi connectivity index (χ4v) is 2.76. The normalized spacial score (nSPS) is 12.2. The number of benzene rings is 2. The van der Waals surface area contributed by atoms with Crippen molar-refractivity contribution in [3.63, 3.8) is 0 Å². The molecule has 21 heavy (non-hydrogen) atoms. The number of nitrogens with one attached hydrogen (secondary N) is 1. The highest BCUT2D eigenvalue weighted by Crippen LogP contribution is 2.28. The van der Waals surface area contributed by atoms with E-state index in [9.17, 15) is 4.39 Å². The van der Waals surface area contributed by atoms with Gasteiger partial charge in [0.25, 0.3) is 0 Å². The van der Waals surface area contributed by atoms with E-state index < -0.39 is 0 Å². The maximum atomic E-state index is 13.7. The molecule has 1 atom stereocenters. The Morgan fingerprint density at radius 1 is 1.29 bits per heavy atom. The van der Waals surface area contributed by atoms with E-state index >= 15 is 0 Å². The van der Waals surface area contributed by atoms with Crippen LogP contribution in [0.3, 0.4) is 0 Å². The van der Waals surface area contributed by atoms with Gasteiger partial charge in [-0.05, 0) is 64.2 Å². The van der Waals surface area contributed by atoms with Crippen LogP contribution in [0, 0.1) is 12.7 Å². The molecule has 0 saturated heterocycles. The third-order valence-electron chi connectivity index (χ3n) is 3.46. The van der Waals surface area contributed by atoms with Crippen molar-refractivity contribution in [2.45, 2.75) is 19.4 Å². The van der Waals surface area contributed by atoms with Crippen LogP contribution in [0.15, 0.2) is 40.9 Å². The van der Waals surface area contributed by atoms with Crippen molar-refractivity contribution in [1.29, 1.82) is 0 Å². The van der Waals surface area contributed by atoms with Crippen LogP contribution in [0.2, 0.25) is 0 Å². The number of rotatable bonds is 5. The standard InChI is InChI=1S/C16H18BrFN2O/c1-10-3-5-12(9-14(10)18)15(20-19)8-11-4-6-16(21-2)13(17)7-11/h3-7,9,15,20H,8,19H2,1-2H3. The molecule has 0 fully saturated rings. The SMILES string of the molecule is COc1ccc(CC(NN)c2ccc(C)c(F)c2)cc1Br. The molecule has 5 heteroatoms. The average molecular weight is 353 g/mol. The molecule has 0 radical (unpaired) electrons. The topological polar surface area (TPSA) is 47.3 Å². The molecule has 0 aliphatic heterocycles. The second kappa shape index (κ2) is 7.02. The quantitative estimate of drug-likeness (QED) is 0.637. The molecule has 2 aromatic carbocycles. The number of halogens is 2. The molecular formula is C16H18BrFN2O. The van der Waals surface area contributed by atoms with Gasteiger partial charge in [0.15, 0.2) is 0 Å². The smallest absolute Gasteiger partial charge is 0.133 e. The van der Waals surface area contributed by atoms with Crippen molar-refractivity contribution in [1.82, 2.24) is 5.43 Å². The third-order valence-corrected chi connectivity index (χ3v) is 4.08. The summed E-state index contributed by atoms with van der Waals surface area (Å²) in [5.41, 5.74) is 5.28. The monoisotopic (exact) mass is 352 g/mol. The van der Waals surface area contributed by atoms with E-state index in [0.717, 1.165) is 21.3 Å². The number of methoxy groups -OCH3 is 1. The van der Waals surface area contributed by atoms with Gasteiger partial charge in [-0.3, -0.25) is 11.3 Å². The van der Waals surface area contributed by atoms with Crippen molar-refractivity contribution in [3.05, 3.63) is 63.4 Å². The van der Waals surface area contributed by atoms with Crippen LogP contribution in [-0.2, 0) is 6.42 Å². The lowest BCUT2D eigenvalue weighted by molar-refractivity contribution is 0.412. The predicted octanol–water partition coefficient (Wildman–Crippen LogP) is 3.65.